The molecule has 0 bridgehead atoms. The molecule has 1 heterocycles. The summed E-state index contributed by atoms with van der Waals surface area (Å²) in [7, 11) is 2.16. The molecule has 0 aliphatic carbocycles. The lowest BCUT2D eigenvalue weighted by Crippen LogP contribution is -2.28. The first-order valence-electron chi connectivity index (χ1n) is 7.87. The molecule has 0 unspecified atom stereocenters. The molecule has 1 saturated heterocycles. The van der Waals surface area contributed by atoms with Crippen molar-refractivity contribution in [3.8, 4) is 5.75 Å². The van der Waals surface area contributed by atoms with Crippen molar-refractivity contribution >= 4 is 5.91 Å². The number of rotatable bonds is 7. The Morgan fingerprint density at radius 1 is 1.29 bits per heavy atom. The summed E-state index contributed by atoms with van der Waals surface area (Å²) in [6.45, 7) is 3.68. The highest BCUT2D eigenvalue weighted by Crippen LogP contribution is 2.15. The lowest BCUT2D eigenvalue weighted by molar-refractivity contribution is -0.120. The number of para-hydroxylation sites is 1. The Balaban J connectivity index is 1.59. The normalized spacial score (nSPS) is 19.1. The van der Waals surface area contributed by atoms with Crippen LogP contribution in [0.4, 0.5) is 0 Å². The maximum absolute atomic E-state index is 11.3. The van der Waals surface area contributed by atoms with Crippen LogP contribution >= 0.6 is 0 Å². The quantitative estimate of drug-likeness (QED) is 0.784. The van der Waals surface area contributed by atoms with Gasteiger partial charge in [0, 0.05) is 26.1 Å². The van der Waals surface area contributed by atoms with E-state index in [2.05, 4.69) is 17.3 Å². The first-order valence-corrected chi connectivity index (χ1v) is 7.87. The van der Waals surface area contributed by atoms with Crippen LogP contribution in [0.15, 0.2) is 30.3 Å². The van der Waals surface area contributed by atoms with Gasteiger partial charge in [-0.1, -0.05) is 18.2 Å². The van der Waals surface area contributed by atoms with E-state index < -0.39 is 0 Å². The molecule has 1 N–H and O–H groups in total. The summed E-state index contributed by atoms with van der Waals surface area (Å²) in [6.07, 6.45) is 3.80. The highest BCUT2D eigenvalue weighted by Gasteiger charge is 2.17. The topological polar surface area (TPSA) is 41.6 Å². The average molecular weight is 290 g/mol. The summed E-state index contributed by atoms with van der Waals surface area (Å²) in [5.41, 5.74) is 0. The van der Waals surface area contributed by atoms with Gasteiger partial charge in [0.15, 0.2) is 0 Å². The number of carbonyl (C=O) groups excluding carboxylic acids is 1. The second-order valence-corrected chi connectivity index (χ2v) is 5.82. The van der Waals surface area contributed by atoms with Crippen molar-refractivity contribution in [2.24, 2.45) is 5.92 Å². The Labute approximate surface area is 127 Å². The van der Waals surface area contributed by atoms with Gasteiger partial charge in [0.2, 0.25) is 5.91 Å². The van der Waals surface area contributed by atoms with Gasteiger partial charge in [0.1, 0.15) is 5.75 Å². The van der Waals surface area contributed by atoms with E-state index in [1.54, 1.807) is 0 Å². The molecule has 0 spiro atoms. The van der Waals surface area contributed by atoms with Gasteiger partial charge in [0.05, 0.1) is 6.61 Å². The van der Waals surface area contributed by atoms with Gasteiger partial charge in [-0.2, -0.15) is 0 Å². The predicted molar refractivity (Wildman–Crippen MR) is 84.4 cm³/mol. The minimum absolute atomic E-state index is 0.205. The molecular weight excluding hydrogens is 264 g/mol. The van der Waals surface area contributed by atoms with Crippen molar-refractivity contribution in [3.63, 3.8) is 0 Å². The zero-order chi connectivity index (χ0) is 14.9. The van der Waals surface area contributed by atoms with E-state index in [0.717, 1.165) is 51.3 Å². The number of hydrogen-bond acceptors (Lipinski definition) is 3. The zero-order valence-corrected chi connectivity index (χ0v) is 12.9. The summed E-state index contributed by atoms with van der Waals surface area (Å²) < 4.78 is 5.70. The Bertz CT molecular complexity index is 422. The van der Waals surface area contributed by atoms with E-state index in [9.17, 15) is 4.79 Å². The third kappa shape index (κ3) is 6.17. The molecule has 1 aromatic carbocycles. The van der Waals surface area contributed by atoms with Crippen LogP contribution in [-0.4, -0.2) is 44.1 Å². The van der Waals surface area contributed by atoms with E-state index in [-0.39, 0.29) is 5.91 Å². The maximum atomic E-state index is 11.3. The highest BCUT2D eigenvalue weighted by molar-refractivity contribution is 5.76. The molecule has 1 aliphatic heterocycles. The van der Waals surface area contributed by atoms with Crippen LogP contribution in [-0.2, 0) is 4.79 Å². The van der Waals surface area contributed by atoms with Crippen LogP contribution in [0.3, 0.4) is 0 Å². The molecule has 0 aromatic heterocycles. The van der Waals surface area contributed by atoms with Crippen LogP contribution in [0.25, 0.3) is 0 Å². The molecular formula is C17H26N2O2. The summed E-state index contributed by atoms with van der Waals surface area (Å²) >= 11 is 0. The summed E-state index contributed by atoms with van der Waals surface area (Å²) in [6, 6.07) is 9.94. The monoisotopic (exact) mass is 290 g/mol. The molecule has 1 atom stereocenters. The van der Waals surface area contributed by atoms with Gasteiger partial charge in [-0.25, -0.2) is 0 Å². The second-order valence-electron chi connectivity index (χ2n) is 5.82. The van der Waals surface area contributed by atoms with Crippen molar-refractivity contribution in [3.05, 3.63) is 30.3 Å². The third-order valence-corrected chi connectivity index (χ3v) is 3.92. The van der Waals surface area contributed by atoms with Crippen molar-refractivity contribution in [2.45, 2.75) is 25.7 Å². The summed E-state index contributed by atoms with van der Waals surface area (Å²) in [5.74, 6) is 1.77. The van der Waals surface area contributed by atoms with Crippen molar-refractivity contribution in [2.75, 3.05) is 33.3 Å². The van der Waals surface area contributed by atoms with Crippen LogP contribution in [0, 0.1) is 5.92 Å². The number of hydrogen-bond donors (Lipinski definition) is 1. The van der Waals surface area contributed by atoms with Crippen molar-refractivity contribution in [1.82, 2.24) is 10.2 Å². The third-order valence-electron chi connectivity index (χ3n) is 3.92. The first-order chi connectivity index (χ1) is 10.2. The van der Waals surface area contributed by atoms with Gasteiger partial charge >= 0.3 is 0 Å². The second kappa shape index (κ2) is 8.67. The number of nitrogens with one attached hydrogen (secondary N) is 1. The Morgan fingerprint density at radius 2 is 2.10 bits per heavy atom. The van der Waals surface area contributed by atoms with Gasteiger partial charge in [-0.15, -0.1) is 0 Å². The Kier molecular flexibility index (Phi) is 6.54. The smallest absolute Gasteiger partial charge is 0.220 e. The number of nitrogens with zero attached hydrogens (tertiary/aromatic N) is 1. The largest absolute Gasteiger partial charge is 0.494 e. The minimum atomic E-state index is 0.205. The molecule has 1 aliphatic rings. The molecule has 1 amide bonds. The molecule has 0 radical (unpaired) electrons. The van der Waals surface area contributed by atoms with Crippen LogP contribution < -0.4 is 10.1 Å². The van der Waals surface area contributed by atoms with Crippen LogP contribution in [0.5, 0.6) is 5.75 Å². The van der Waals surface area contributed by atoms with Crippen LogP contribution in [0.1, 0.15) is 25.7 Å². The number of benzene rings is 1. The standard InChI is InChI=1S/C17H26N2O2/c1-19(14-15-8-9-17(20)18-11-10-15)12-5-13-21-16-6-3-2-4-7-16/h2-4,6-7,15H,5,8-14H2,1H3,(H,18,20)/t15-/m0/s1. The maximum Gasteiger partial charge on any atom is 0.220 e. The van der Waals surface area contributed by atoms with Crippen molar-refractivity contribution < 1.29 is 9.53 Å². The molecule has 1 fully saturated rings. The van der Waals surface area contributed by atoms with Crippen molar-refractivity contribution in [1.29, 1.82) is 0 Å². The summed E-state index contributed by atoms with van der Waals surface area (Å²) in [5, 5.41) is 2.94. The predicted octanol–water partition coefficient (Wildman–Crippen LogP) is 2.30. The molecule has 0 saturated carbocycles. The Hall–Kier alpha value is -1.55. The van der Waals surface area contributed by atoms with E-state index in [1.165, 1.54) is 0 Å². The minimum Gasteiger partial charge on any atom is -0.494 e. The van der Waals surface area contributed by atoms with Crippen LogP contribution in [0.2, 0.25) is 0 Å². The molecule has 21 heavy (non-hydrogen) atoms. The fourth-order valence-corrected chi connectivity index (χ4v) is 2.74. The zero-order valence-electron chi connectivity index (χ0n) is 12.9. The lowest BCUT2D eigenvalue weighted by Gasteiger charge is -2.22. The molecule has 4 nitrogen and oxygen atoms in total. The number of carbonyl (C=O) groups is 1. The van der Waals surface area contributed by atoms with Gasteiger partial charge in [-0.05, 0) is 44.4 Å². The lowest BCUT2D eigenvalue weighted by atomic mass is 10.00. The van der Waals surface area contributed by atoms with E-state index in [0.29, 0.717) is 12.3 Å². The van der Waals surface area contributed by atoms with E-state index >= 15 is 0 Å². The fraction of sp³-hybridized carbons (Fsp3) is 0.588. The number of ether oxygens (including phenoxy) is 1. The Morgan fingerprint density at radius 3 is 2.90 bits per heavy atom. The SMILES string of the molecule is CN(CCCOc1ccccc1)C[C@@H]1CCNC(=O)CC1. The molecule has 1 aromatic rings. The van der Waals surface area contributed by atoms with Gasteiger partial charge < -0.3 is 15.0 Å². The summed E-state index contributed by atoms with van der Waals surface area (Å²) in [4.78, 5) is 13.7. The highest BCUT2D eigenvalue weighted by atomic mass is 16.5. The fourth-order valence-electron chi connectivity index (χ4n) is 2.74. The molecule has 116 valence electrons. The van der Waals surface area contributed by atoms with E-state index in [1.807, 2.05) is 30.3 Å². The average Bonchev–Trinajstić information content (AvgIpc) is 2.70. The molecule has 4 heteroatoms. The number of amides is 1. The molecule has 2 rings (SSSR count). The van der Waals surface area contributed by atoms with E-state index in [4.69, 9.17) is 4.74 Å². The van der Waals surface area contributed by atoms with Gasteiger partial charge in [0.25, 0.3) is 0 Å². The first kappa shape index (κ1) is 15.8. The van der Waals surface area contributed by atoms with Gasteiger partial charge in [-0.3, -0.25) is 4.79 Å².